The molecular formula is C18H24OSi. The Kier molecular flexibility index (Phi) is 6.59. The molecule has 0 aromatic heterocycles. The number of benzene rings is 1. The first kappa shape index (κ1) is 16.6. The summed E-state index contributed by atoms with van der Waals surface area (Å²) in [6.45, 7) is 11.2. The van der Waals surface area contributed by atoms with Crippen molar-refractivity contribution in [3.05, 3.63) is 35.9 Å². The molecule has 0 spiro atoms. The first-order valence-electron chi connectivity index (χ1n) is 7.14. The maximum Gasteiger partial charge on any atom is 0.278 e. The highest BCUT2D eigenvalue weighted by atomic mass is 28.4. The van der Waals surface area contributed by atoms with Gasteiger partial charge in [-0.2, -0.15) is 0 Å². The lowest BCUT2D eigenvalue weighted by Crippen LogP contribution is -2.44. The van der Waals surface area contributed by atoms with E-state index in [-0.39, 0.29) is 0 Å². The van der Waals surface area contributed by atoms with Crippen molar-refractivity contribution in [2.24, 2.45) is 0 Å². The van der Waals surface area contributed by atoms with Gasteiger partial charge in [0.25, 0.3) is 8.32 Å². The first-order valence-corrected chi connectivity index (χ1v) is 9.21. The van der Waals surface area contributed by atoms with Crippen LogP contribution in [0, 0.1) is 23.3 Å². The zero-order valence-corrected chi connectivity index (χ0v) is 14.2. The first-order chi connectivity index (χ1) is 9.53. The van der Waals surface area contributed by atoms with Gasteiger partial charge in [0, 0.05) is 5.56 Å². The minimum Gasteiger partial charge on any atom is -0.394 e. The van der Waals surface area contributed by atoms with Gasteiger partial charge in [-0.05, 0) is 30.1 Å². The van der Waals surface area contributed by atoms with Crippen molar-refractivity contribution in [1.29, 1.82) is 0 Å². The summed E-state index contributed by atoms with van der Waals surface area (Å²) in [6.07, 6.45) is 0. The van der Waals surface area contributed by atoms with Crippen LogP contribution in [0.3, 0.4) is 0 Å². The Balaban J connectivity index is 3.09. The van der Waals surface area contributed by atoms with Crippen molar-refractivity contribution in [1.82, 2.24) is 0 Å². The van der Waals surface area contributed by atoms with E-state index in [0.29, 0.717) is 17.7 Å². The molecule has 0 N–H and O–H groups in total. The summed E-state index contributed by atoms with van der Waals surface area (Å²) in [4.78, 5) is 0. The molecule has 0 unspecified atom stereocenters. The molecule has 0 saturated heterocycles. The number of hydrogen-bond acceptors (Lipinski definition) is 1. The highest BCUT2D eigenvalue weighted by Gasteiger charge is 2.41. The third-order valence-corrected chi connectivity index (χ3v) is 8.02. The normalized spacial score (nSPS) is 10.8. The Labute approximate surface area is 124 Å². The summed E-state index contributed by atoms with van der Waals surface area (Å²) in [7, 11) is -2.13. The average Bonchev–Trinajstić information content (AvgIpc) is 2.43. The van der Waals surface area contributed by atoms with Gasteiger partial charge < -0.3 is 4.43 Å². The molecule has 0 heterocycles. The Morgan fingerprint density at radius 1 is 1.05 bits per heavy atom. The van der Waals surface area contributed by atoms with Crippen molar-refractivity contribution in [3.63, 3.8) is 0 Å². The molecule has 106 valence electrons. The van der Waals surface area contributed by atoms with Crippen molar-refractivity contribution < 1.29 is 4.43 Å². The van der Waals surface area contributed by atoms with Gasteiger partial charge in [-0.15, -0.1) is 5.92 Å². The minimum atomic E-state index is -2.13. The quantitative estimate of drug-likeness (QED) is 0.589. The molecule has 0 radical (unpaired) electrons. The predicted octanol–water partition coefficient (Wildman–Crippen LogP) is 4.38. The van der Waals surface area contributed by atoms with Gasteiger partial charge in [0.15, 0.2) is 0 Å². The summed E-state index contributed by atoms with van der Waals surface area (Å²) >= 11 is 0. The van der Waals surface area contributed by atoms with E-state index in [1.165, 1.54) is 0 Å². The summed E-state index contributed by atoms with van der Waals surface area (Å²) in [6, 6.07) is 10.1. The van der Waals surface area contributed by atoms with Crippen molar-refractivity contribution in [3.8, 4) is 23.3 Å². The zero-order chi connectivity index (χ0) is 15.0. The van der Waals surface area contributed by atoms with Gasteiger partial charge in [0.1, 0.15) is 0 Å². The van der Waals surface area contributed by atoms with Gasteiger partial charge >= 0.3 is 0 Å². The van der Waals surface area contributed by atoms with Crippen LogP contribution in [0.1, 0.15) is 40.2 Å². The Bertz CT molecular complexity index is 515. The summed E-state index contributed by atoms with van der Waals surface area (Å²) in [5.41, 5.74) is 5.44. The predicted molar refractivity (Wildman–Crippen MR) is 88.7 cm³/mol. The van der Waals surface area contributed by atoms with Crippen LogP contribution in [0.4, 0.5) is 0 Å². The van der Waals surface area contributed by atoms with Crippen LogP contribution in [-0.2, 0) is 4.43 Å². The lowest BCUT2D eigenvalue weighted by molar-refractivity contribution is 0.344. The molecule has 0 saturated carbocycles. The molecule has 0 atom stereocenters. The van der Waals surface area contributed by atoms with E-state index in [9.17, 15) is 0 Å². The van der Waals surface area contributed by atoms with E-state index in [1.807, 2.05) is 37.3 Å². The summed E-state index contributed by atoms with van der Waals surface area (Å²) in [5, 5.41) is 0. The molecule has 0 amide bonds. The van der Waals surface area contributed by atoms with E-state index in [0.717, 1.165) is 5.56 Å². The SMILES string of the molecule is CC#CCO[Si](C#Cc1ccccc1)(C(C)C)C(C)C. The van der Waals surface area contributed by atoms with Crippen molar-refractivity contribution >= 4 is 8.32 Å². The van der Waals surface area contributed by atoms with Crippen LogP contribution >= 0.6 is 0 Å². The molecular weight excluding hydrogens is 260 g/mol. The maximum atomic E-state index is 6.21. The largest absolute Gasteiger partial charge is 0.394 e. The van der Waals surface area contributed by atoms with E-state index >= 15 is 0 Å². The van der Waals surface area contributed by atoms with Crippen LogP contribution in [0.25, 0.3) is 0 Å². The molecule has 0 aliphatic rings. The fourth-order valence-electron chi connectivity index (χ4n) is 2.24. The third kappa shape index (κ3) is 4.27. The lowest BCUT2D eigenvalue weighted by atomic mass is 10.2. The van der Waals surface area contributed by atoms with Crippen LogP contribution in [0.5, 0.6) is 0 Å². The zero-order valence-electron chi connectivity index (χ0n) is 13.2. The van der Waals surface area contributed by atoms with Crippen LogP contribution in [0.15, 0.2) is 30.3 Å². The highest BCUT2D eigenvalue weighted by molar-refractivity contribution is 6.84. The van der Waals surface area contributed by atoms with Crippen molar-refractivity contribution in [2.75, 3.05) is 6.61 Å². The average molecular weight is 284 g/mol. The van der Waals surface area contributed by atoms with E-state index in [1.54, 1.807) is 0 Å². The second-order valence-corrected chi connectivity index (χ2v) is 9.87. The van der Waals surface area contributed by atoms with Gasteiger partial charge in [0.2, 0.25) is 0 Å². The van der Waals surface area contributed by atoms with Crippen LogP contribution in [0.2, 0.25) is 11.1 Å². The number of hydrogen-bond donors (Lipinski definition) is 0. The van der Waals surface area contributed by atoms with Gasteiger partial charge in [0.05, 0.1) is 6.61 Å². The Morgan fingerprint density at radius 2 is 1.65 bits per heavy atom. The molecule has 0 fully saturated rings. The maximum absolute atomic E-state index is 6.21. The second-order valence-electron chi connectivity index (χ2n) is 5.43. The van der Waals surface area contributed by atoms with Crippen LogP contribution < -0.4 is 0 Å². The lowest BCUT2D eigenvalue weighted by Gasteiger charge is -2.32. The van der Waals surface area contributed by atoms with Gasteiger partial charge in [-0.3, -0.25) is 0 Å². The van der Waals surface area contributed by atoms with E-state index in [2.05, 4.69) is 51.0 Å². The molecule has 0 aliphatic heterocycles. The molecule has 20 heavy (non-hydrogen) atoms. The van der Waals surface area contributed by atoms with Gasteiger partial charge in [-0.1, -0.05) is 63.3 Å². The molecule has 2 heteroatoms. The monoisotopic (exact) mass is 284 g/mol. The molecule has 1 nitrogen and oxygen atoms in total. The second kappa shape index (κ2) is 7.95. The van der Waals surface area contributed by atoms with Crippen LogP contribution in [-0.4, -0.2) is 14.9 Å². The molecule has 1 aromatic rings. The Hall–Kier alpha value is -1.48. The molecule has 0 bridgehead atoms. The summed E-state index contributed by atoms with van der Waals surface area (Å²) in [5.74, 6) is 9.21. The van der Waals surface area contributed by atoms with E-state index in [4.69, 9.17) is 4.43 Å². The number of rotatable bonds is 4. The fraction of sp³-hybridized carbons (Fsp3) is 0.444. The van der Waals surface area contributed by atoms with Gasteiger partial charge in [-0.25, -0.2) is 0 Å². The smallest absolute Gasteiger partial charge is 0.278 e. The molecule has 1 rings (SSSR count). The molecule has 0 aliphatic carbocycles. The topological polar surface area (TPSA) is 9.23 Å². The standard InChI is InChI=1S/C18H24OSi/c1-6-7-14-19-20(16(2)3,17(4)5)15-13-18-11-9-8-10-12-18/h8-12,16-17H,14H2,1-5H3. The molecule has 1 aromatic carbocycles. The summed E-state index contributed by atoms with van der Waals surface area (Å²) < 4.78 is 6.21. The highest BCUT2D eigenvalue weighted by Crippen LogP contribution is 2.32. The Morgan fingerprint density at radius 3 is 2.15 bits per heavy atom. The van der Waals surface area contributed by atoms with Crippen molar-refractivity contribution in [2.45, 2.75) is 45.7 Å². The third-order valence-electron chi connectivity index (χ3n) is 3.45. The van der Waals surface area contributed by atoms with E-state index < -0.39 is 8.32 Å². The minimum absolute atomic E-state index is 0.442. The fourth-order valence-corrected chi connectivity index (χ4v) is 5.54.